The first-order valence-corrected chi connectivity index (χ1v) is 6.97. The molecular weight excluding hydrogens is 260 g/mol. The van der Waals surface area contributed by atoms with Crippen LogP contribution in [-0.4, -0.2) is 5.97 Å². The summed E-state index contributed by atoms with van der Waals surface area (Å²) in [4.78, 5) is 11.9. The number of aryl methyl sites for hydroxylation is 2. The van der Waals surface area contributed by atoms with Gasteiger partial charge in [0, 0.05) is 5.57 Å². The van der Waals surface area contributed by atoms with Crippen molar-refractivity contribution < 1.29 is 9.53 Å². The van der Waals surface area contributed by atoms with Gasteiger partial charge < -0.3 is 4.74 Å². The number of hydrogen-bond donors (Lipinski definition) is 0. The van der Waals surface area contributed by atoms with Gasteiger partial charge in [0.2, 0.25) is 0 Å². The highest BCUT2D eigenvalue weighted by Crippen LogP contribution is 2.27. The van der Waals surface area contributed by atoms with Crippen molar-refractivity contribution in [2.45, 2.75) is 26.9 Å². The Kier molecular flexibility index (Phi) is 4.59. The number of rotatable bonds is 4. The average molecular weight is 280 g/mol. The van der Waals surface area contributed by atoms with Gasteiger partial charge in [0.15, 0.2) is 6.10 Å². The first kappa shape index (κ1) is 15.0. The number of benzene rings is 2. The zero-order chi connectivity index (χ0) is 15.4. The maximum atomic E-state index is 11.9. The minimum absolute atomic E-state index is 0.373. The van der Waals surface area contributed by atoms with Crippen LogP contribution in [0.2, 0.25) is 0 Å². The molecule has 2 aromatic rings. The minimum atomic E-state index is -0.408. The van der Waals surface area contributed by atoms with Crippen LogP contribution in [0, 0.1) is 13.8 Å². The summed E-state index contributed by atoms with van der Waals surface area (Å²) in [5.74, 6) is -0.373. The monoisotopic (exact) mass is 280 g/mol. The molecule has 0 heterocycles. The zero-order valence-corrected chi connectivity index (χ0v) is 12.7. The summed E-state index contributed by atoms with van der Waals surface area (Å²) in [6.45, 7) is 9.37. The molecule has 0 amide bonds. The molecule has 2 nitrogen and oxygen atoms in total. The fourth-order valence-electron chi connectivity index (χ4n) is 2.11. The standard InChI is InChI=1S/C19H20O2/c1-13(2)19(20)21-18(16-10-8-14(3)9-11-16)17-7-5-6-15(4)12-17/h5-12,18H,1H2,2-4H3. The number of ether oxygens (including phenoxy) is 1. The maximum absolute atomic E-state index is 11.9. The van der Waals surface area contributed by atoms with Gasteiger partial charge in [-0.05, 0) is 31.9 Å². The Balaban J connectivity index is 2.41. The van der Waals surface area contributed by atoms with Crippen molar-refractivity contribution in [1.29, 1.82) is 0 Å². The van der Waals surface area contributed by atoms with E-state index in [1.165, 1.54) is 5.56 Å². The first-order chi connectivity index (χ1) is 9.97. The molecule has 0 aliphatic carbocycles. The summed E-state index contributed by atoms with van der Waals surface area (Å²) >= 11 is 0. The fourth-order valence-corrected chi connectivity index (χ4v) is 2.11. The number of carbonyl (C=O) groups is 1. The molecule has 2 rings (SSSR count). The molecule has 0 saturated heterocycles. The zero-order valence-electron chi connectivity index (χ0n) is 12.7. The van der Waals surface area contributed by atoms with Crippen LogP contribution in [0.4, 0.5) is 0 Å². The molecule has 0 saturated carbocycles. The predicted octanol–water partition coefficient (Wildman–Crippen LogP) is 4.51. The molecule has 2 aromatic carbocycles. The van der Waals surface area contributed by atoms with Crippen LogP contribution in [0.3, 0.4) is 0 Å². The second-order valence-corrected chi connectivity index (χ2v) is 5.39. The summed E-state index contributed by atoms with van der Waals surface area (Å²) in [6.07, 6.45) is -0.408. The Morgan fingerprint density at radius 1 is 1.00 bits per heavy atom. The van der Waals surface area contributed by atoms with Crippen molar-refractivity contribution >= 4 is 5.97 Å². The van der Waals surface area contributed by atoms with Gasteiger partial charge in [-0.25, -0.2) is 4.79 Å². The third kappa shape index (κ3) is 3.82. The Morgan fingerprint density at radius 3 is 2.24 bits per heavy atom. The van der Waals surface area contributed by atoms with Gasteiger partial charge in [0.25, 0.3) is 0 Å². The van der Waals surface area contributed by atoms with Crippen molar-refractivity contribution in [3.05, 3.63) is 82.9 Å². The van der Waals surface area contributed by atoms with Gasteiger partial charge in [0.05, 0.1) is 0 Å². The predicted molar refractivity (Wildman–Crippen MR) is 85.1 cm³/mol. The van der Waals surface area contributed by atoms with E-state index in [1.54, 1.807) is 6.92 Å². The number of hydrogen-bond acceptors (Lipinski definition) is 2. The third-order valence-electron chi connectivity index (χ3n) is 3.30. The lowest BCUT2D eigenvalue weighted by molar-refractivity contribution is -0.142. The summed E-state index contributed by atoms with van der Waals surface area (Å²) in [5.41, 5.74) is 4.64. The largest absolute Gasteiger partial charge is 0.449 e. The maximum Gasteiger partial charge on any atom is 0.334 e. The Bertz CT molecular complexity index is 654. The van der Waals surface area contributed by atoms with Gasteiger partial charge in [-0.2, -0.15) is 0 Å². The summed E-state index contributed by atoms with van der Waals surface area (Å²) in [7, 11) is 0. The summed E-state index contributed by atoms with van der Waals surface area (Å²) in [6, 6.07) is 16.0. The van der Waals surface area contributed by atoms with E-state index in [4.69, 9.17) is 4.74 Å². The van der Waals surface area contributed by atoms with Crippen LogP contribution in [0.25, 0.3) is 0 Å². The highest BCUT2D eigenvalue weighted by molar-refractivity contribution is 5.87. The quantitative estimate of drug-likeness (QED) is 0.608. The van der Waals surface area contributed by atoms with Crippen molar-refractivity contribution in [1.82, 2.24) is 0 Å². The highest BCUT2D eigenvalue weighted by Gasteiger charge is 2.19. The molecular formula is C19H20O2. The van der Waals surface area contributed by atoms with Crippen LogP contribution in [0.15, 0.2) is 60.7 Å². The normalized spacial score (nSPS) is 11.8. The van der Waals surface area contributed by atoms with Crippen LogP contribution in [0.5, 0.6) is 0 Å². The van der Waals surface area contributed by atoms with Crippen LogP contribution < -0.4 is 0 Å². The van der Waals surface area contributed by atoms with E-state index >= 15 is 0 Å². The van der Waals surface area contributed by atoms with E-state index < -0.39 is 6.10 Å². The lowest BCUT2D eigenvalue weighted by Crippen LogP contribution is -2.13. The molecule has 0 aliphatic rings. The van der Waals surface area contributed by atoms with E-state index in [0.717, 1.165) is 16.7 Å². The lowest BCUT2D eigenvalue weighted by Gasteiger charge is -2.19. The second kappa shape index (κ2) is 6.40. The first-order valence-electron chi connectivity index (χ1n) is 6.97. The van der Waals surface area contributed by atoms with Crippen molar-refractivity contribution in [2.75, 3.05) is 0 Å². The van der Waals surface area contributed by atoms with Gasteiger partial charge in [-0.15, -0.1) is 0 Å². The Morgan fingerprint density at radius 2 is 1.67 bits per heavy atom. The van der Waals surface area contributed by atoms with Gasteiger partial charge in [-0.3, -0.25) is 0 Å². The second-order valence-electron chi connectivity index (χ2n) is 5.39. The minimum Gasteiger partial charge on any atom is -0.449 e. The molecule has 0 bridgehead atoms. The van der Waals surface area contributed by atoms with E-state index in [0.29, 0.717) is 5.57 Å². The average Bonchev–Trinajstić information content (AvgIpc) is 2.45. The van der Waals surface area contributed by atoms with E-state index in [2.05, 4.69) is 6.58 Å². The molecule has 2 heteroatoms. The summed E-state index contributed by atoms with van der Waals surface area (Å²) in [5, 5.41) is 0. The fraction of sp³-hybridized carbons (Fsp3) is 0.211. The molecule has 0 radical (unpaired) electrons. The van der Waals surface area contributed by atoms with Crippen molar-refractivity contribution in [3.63, 3.8) is 0 Å². The Labute approximate surface area is 126 Å². The van der Waals surface area contributed by atoms with Crippen molar-refractivity contribution in [2.24, 2.45) is 0 Å². The Hall–Kier alpha value is -2.35. The highest BCUT2D eigenvalue weighted by atomic mass is 16.5. The summed E-state index contributed by atoms with van der Waals surface area (Å²) < 4.78 is 5.64. The third-order valence-corrected chi connectivity index (χ3v) is 3.30. The van der Waals surface area contributed by atoms with Gasteiger partial charge in [0.1, 0.15) is 0 Å². The van der Waals surface area contributed by atoms with Gasteiger partial charge >= 0.3 is 5.97 Å². The lowest BCUT2D eigenvalue weighted by atomic mass is 9.99. The number of esters is 1. The number of carbonyl (C=O) groups excluding carboxylic acids is 1. The van der Waals surface area contributed by atoms with E-state index in [9.17, 15) is 4.79 Å². The molecule has 108 valence electrons. The van der Waals surface area contributed by atoms with Gasteiger partial charge in [-0.1, -0.05) is 66.2 Å². The van der Waals surface area contributed by atoms with Crippen LogP contribution >= 0.6 is 0 Å². The molecule has 1 unspecified atom stereocenters. The molecule has 0 spiro atoms. The van der Waals surface area contributed by atoms with E-state index in [1.807, 2.05) is 62.4 Å². The van der Waals surface area contributed by atoms with Crippen LogP contribution in [0.1, 0.15) is 35.3 Å². The molecule has 1 atom stereocenters. The SMILES string of the molecule is C=C(C)C(=O)OC(c1ccc(C)cc1)c1cccc(C)c1. The van der Waals surface area contributed by atoms with Crippen molar-refractivity contribution in [3.8, 4) is 0 Å². The van der Waals surface area contributed by atoms with E-state index in [-0.39, 0.29) is 5.97 Å². The smallest absolute Gasteiger partial charge is 0.334 e. The molecule has 0 aliphatic heterocycles. The molecule has 21 heavy (non-hydrogen) atoms. The molecule has 0 aromatic heterocycles. The topological polar surface area (TPSA) is 26.3 Å². The molecule has 0 N–H and O–H groups in total. The molecule has 0 fully saturated rings. The van der Waals surface area contributed by atoms with Crippen LogP contribution in [-0.2, 0) is 9.53 Å².